The molecule has 0 saturated carbocycles. The molecule has 0 fully saturated rings. The van der Waals surface area contributed by atoms with E-state index in [9.17, 15) is 5.11 Å². The number of anilines is 2. The monoisotopic (exact) mass is 280 g/mol. The lowest BCUT2D eigenvalue weighted by Gasteiger charge is -2.26. The lowest BCUT2D eigenvalue weighted by molar-refractivity contribution is 0.0456. The second-order valence-electron chi connectivity index (χ2n) is 5.11. The zero-order chi connectivity index (χ0) is 15.0. The molecule has 114 valence electrons. The number of aliphatic hydroxyl groups is 1. The van der Waals surface area contributed by atoms with Gasteiger partial charge in [-0.2, -0.15) is 0 Å². The van der Waals surface area contributed by atoms with Gasteiger partial charge in [0.25, 0.3) is 0 Å². The summed E-state index contributed by atoms with van der Waals surface area (Å²) < 4.78 is 0. The van der Waals surface area contributed by atoms with Crippen molar-refractivity contribution in [1.29, 1.82) is 0 Å². The quantitative estimate of drug-likeness (QED) is 0.649. The lowest BCUT2D eigenvalue weighted by atomic mass is 9.97. The van der Waals surface area contributed by atoms with Gasteiger partial charge in [0.05, 0.1) is 5.60 Å². The predicted molar refractivity (Wildman–Crippen MR) is 84.2 cm³/mol. The van der Waals surface area contributed by atoms with E-state index >= 15 is 0 Å². The Hall–Kier alpha value is -1.36. The smallest absolute Gasteiger partial charge is 0.134 e. The van der Waals surface area contributed by atoms with Crippen molar-refractivity contribution in [2.75, 3.05) is 23.7 Å². The SMILES string of the molecule is CCCNc1ncnc(NCC(O)(CC)CC)c1CC. The van der Waals surface area contributed by atoms with Crippen LogP contribution in [0.4, 0.5) is 11.6 Å². The third-order valence-electron chi connectivity index (χ3n) is 3.74. The molecular weight excluding hydrogens is 252 g/mol. The average molecular weight is 280 g/mol. The third-order valence-corrected chi connectivity index (χ3v) is 3.74. The van der Waals surface area contributed by atoms with Crippen molar-refractivity contribution < 1.29 is 5.11 Å². The average Bonchev–Trinajstić information content (AvgIpc) is 2.50. The van der Waals surface area contributed by atoms with Crippen LogP contribution in [0.15, 0.2) is 6.33 Å². The highest BCUT2D eigenvalue weighted by Crippen LogP contribution is 2.22. The highest BCUT2D eigenvalue weighted by molar-refractivity contribution is 5.57. The summed E-state index contributed by atoms with van der Waals surface area (Å²) in [4.78, 5) is 8.62. The number of hydrogen-bond donors (Lipinski definition) is 3. The summed E-state index contributed by atoms with van der Waals surface area (Å²) in [7, 11) is 0. The summed E-state index contributed by atoms with van der Waals surface area (Å²) in [6.07, 6.45) is 4.93. The molecule has 0 unspecified atom stereocenters. The molecule has 0 spiro atoms. The van der Waals surface area contributed by atoms with Crippen molar-refractivity contribution in [2.45, 2.75) is 59.0 Å². The van der Waals surface area contributed by atoms with Crippen LogP contribution < -0.4 is 10.6 Å². The van der Waals surface area contributed by atoms with Gasteiger partial charge in [0.1, 0.15) is 18.0 Å². The first kappa shape index (κ1) is 16.7. The van der Waals surface area contributed by atoms with Crippen molar-refractivity contribution in [3.63, 3.8) is 0 Å². The Morgan fingerprint density at radius 1 is 1.05 bits per heavy atom. The Balaban J connectivity index is 2.84. The van der Waals surface area contributed by atoms with Gasteiger partial charge in [0.15, 0.2) is 0 Å². The molecule has 1 aromatic heterocycles. The Bertz CT molecular complexity index is 405. The molecule has 0 saturated heterocycles. The zero-order valence-corrected chi connectivity index (χ0v) is 13.2. The normalized spacial score (nSPS) is 11.4. The van der Waals surface area contributed by atoms with E-state index in [0.29, 0.717) is 6.54 Å². The Kier molecular flexibility index (Phi) is 6.71. The number of aromatic nitrogens is 2. The van der Waals surface area contributed by atoms with Crippen LogP contribution in [-0.4, -0.2) is 33.8 Å². The predicted octanol–water partition coefficient (Wildman–Crippen LogP) is 2.82. The van der Waals surface area contributed by atoms with E-state index in [1.165, 1.54) is 0 Å². The van der Waals surface area contributed by atoms with E-state index in [1.807, 2.05) is 13.8 Å². The van der Waals surface area contributed by atoms with E-state index < -0.39 is 5.60 Å². The van der Waals surface area contributed by atoms with E-state index in [-0.39, 0.29) is 0 Å². The first-order chi connectivity index (χ1) is 9.60. The van der Waals surface area contributed by atoms with Gasteiger partial charge in [-0.1, -0.05) is 27.7 Å². The molecule has 3 N–H and O–H groups in total. The van der Waals surface area contributed by atoms with E-state index in [0.717, 1.165) is 49.4 Å². The van der Waals surface area contributed by atoms with Crippen molar-refractivity contribution in [3.05, 3.63) is 11.9 Å². The van der Waals surface area contributed by atoms with Gasteiger partial charge >= 0.3 is 0 Å². The van der Waals surface area contributed by atoms with Crippen molar-refractivity contribution in [3.8, 4) is 0 Å². The van der Waals surface area contributed by atoms with E-state index in [1.54, 1.807) is 6.33 Å². The minimum absolute atomic E-state index is 0.511. The van der Waals surface area contributed by atoms with Crippen molar-refractivity contribution >= 4 is 11.6 Å². The molecule has 0 amide bonds. The Morgan fingerprint density at radius 3 is 2.15 bits per heavy atom. The fourth-order valence-electron chi connectivity index (χ4n) is 2.04. The number of nitrogens with zero attached hydrogens (tertiary/aromatic N) is 2. The summed E-state index contributed by atoms with van der Waals surface area (Å²) >= 11 is 0. The molecule has 5 nitrogen and oxygen atoms in total. The molecule has 0 radical (unpaired) electrons. The van der Waals surface area contributed by atoms with Gasteiger partial charge < -0.3 is 15.7 Å². The molecule has 1 heterocycles. The van der Waals surface area contributed by atoms with Gasteiger partial charge in [0, 0.05) is 18.7 Å². The van der Waals surface area contributed by atoms with Gasteiger partial charge in [-0.15, -0.1) is 0 Å². The van der Waals surface area contributed by atoms with Gasteiger partial charge in [-0.3, -0.25) is 0 Å². The molecule has 0 aliphatic heterocycles. The van der Waals surface area contributed by atoms with Crippen molar-refractivity contribution in [2.24, 2.45) is 0 Å². The molecule has 1 aromatic rings. The van der Waals surface area contributed by atoms with Crippen LogP contribution in [0.3, 0.4) is 0 Å². The second-order valence-corrected chi connectivity index (χ2v) is 5.11. The second kappa shape index (κ2) is 8.04. The molecule has 0 bridgehead atoms. The largest absolute Gasteiger partial charge is 0.388 e. The molecule has 0 aliphatic carbocycles. The highest BCUT2D eigenvalue weighted by atomic mass is 16.3. The maximum Gasteiger partial charge on any atom is 0.134 e. The number of rotatable bonds is 9. The molecule has 1 rings (SSSR count). The van der Waals surface area contributed by atoms with Crippen LogP contribution in [-0.2, 0) is 6.42 Å². The summed E-state index contributed by atoms with van der Waals surface area (Å²) in [6.45, 7) is 9.63. The van der Waals surface area contributed by atoms with Gasteiger partial charge in [-0.05, 0) is 25.7 Å². The number of nitrogens with one attached hydrogen (secondary N) is 2. The zero-order valence-electron chi connectivity index (χ0n) is 13.2. The van der Waals surface area contributed by atoms with Gasteiger partial charge in [-0.25, -0.2) is 9.97 Å². The standard InChI is InChI=1S/C15H28N4O/c1-5-9-16-13-12(6-2)14(19-11-18-13)17-10-15(20,7-3)8-4/h11,20H,5-10H2,1-4H3,(H2,16,17,18,19). The minimum atomic E-state index is -0.674. The molecule has 20 heavy (non-hydrogen) atoms. The van der Waals surface area contributed by atoms with Gasteiger partial charge in [0.2, 0.25) is 0 Å². The summed E-state index contributed by atoms with van der Waals surface area (Å²) in [5, 5.41) is 17.0. The van der Waals surface area contributed by atoms with Crippen LogP contribution in [0.2, 0.25) is 0 Å². The fourth-order valence-corrected chi connectivity index (χ4v) is 2.04. The number of hydrogen-bond acceptors (Lipinski definition) is 5. The van der Waals surface area contributed by atoms with E-state index in [4.69, 9.17) is 0 Å². The first-order valence-electron chi connectivity index (χ1n) is 7.64. The van der Waals surface area contributed by atoms with Crippen molar-refractivity contribution in [1.82, 2.24) is 9.97 Å². The minimum Gasteiger partial charge on any atom is -0.388 e. The summed E-state index contributed by atoms with van der Waals surface area (Å²) in [5.74, 6) is 1.71. The van der Waals surface area contributed by atoms with Crippen LogP contribution in [0.25, 0.3) is 0 Å². The molecule has 0 aliphatic rings. The third kappa shape index (κ3) is 4.34. The van der Waals surface area contributed by atoms with Crippen LogP contribution in [0.1, 0.15) is 52.5 Å². The van der Waals surface area contributed by atoms with Crippen LogP contribution in [0.5, 0.6) is 0 Å². The highest BCUT2D eigenvalue weighted by Gasteiger charge is 2.22. The fraction of sp³-hybridized carbons (Fsp3) is 0.733. The summed E-state index contributed by atoms with van der Waals surface area (Å²) in [5.41, 5.74) is 0.406. The maximum absolute atomic E-state index is 10.3. The maximum atomic E-state index is 10.3. The lowest BCUT2D eigenvalue weighted by Crippen LogP contribution is -2.35. The topological polar surface area (TPSA) is 70.1 Å². The van der Waals surface area contributed by atoms with E-state index in [2.05, 4.69) is 34.4 Å². The van der Waals surface area contributed by atoms with Crippen LogP contribution in [0, 0.1) is 0 Å². The summed E-state index contributed by atoms with van der Waals surface area (Å²) in [6, 6.07) is 0. The molecule has 0 aromatic carbocycles. The molecular formula is C15H28N4O. The first-order valence-corrected chi connectivity index (χ1v) is 7.64. The molecule has 0 atom stereocenters. The molecule has 5 heteroatoms. The Labute approximate surface area is 122 Å². The Morgan fingerprint density at radius 2 is 1.65 bits per heavy atom. The van der Waals surface area contributed by atoms with Crippen LogP contribution >= 0.6 is 0 Å².